The summed E-state index contributed by atoms with van der Waals surface area (Å²) in [6.07, 6.45) is 6.70. The zero-order valence-corrected chi connectivity index (χ0v) is 14.1. The summed E-state index contributed by atoms with van der Waals surface area (Å²) in [4.78, 5) is 25.2. The molecule has 1 aliphatic rings. The lowest BCUT2D eigenvalue weighted by atomic mass is 9.89. The summed E-state index contributed by atoms with van der Waals surface area (Å²) >= 11 is 0. The molecule has 1 saturated carbocycles. The maximum absolute atomic E-state index is 12.1. The summed E-state index contributed by atoms with van der Waals surface area (Å²) in [5.41, 5.74) is 1.61. The van der Waals surface area contributed by atoms with Gasteiger partial charge in [-0.1, -0.05) is 31.4 Å². The Morgan fingerprint density at radius 1 is 1.17 bits per heavy atom. The molecule has 0 saturated heterocycles. The highest BCUT2D eigenvalue weighted by Crippen LogP contribution is 2.22. The van der Waals surface area contributed by atoms with Gasteiger partial charge in [0.25, 0.3) is 0 Å². The van der Waals surface area contributed by atoms with Crippen molar-refractivity contribution >= 4 is 17.6 Å². The second-order valence-corrected chi connectivity index (χ2v) is 6.51. The van der Waals surface area contributed by atoms with Gasteiger partial charge < -0.3 is 15.5 Å². The average molecular weight is 317 g/mol. The number of anilines is 1. The van der Waals surface area contributed by atoms with Crippen molar-refractivity contribution in [2.45, 2.75) is 38.5 Å². The maximum Gasteiger partial charge on any atom is 0.321 e. The molecule has 5 heteroatoms. The highest BCUT2D eigenvalue weighted by molar-refractivity contribution is 5.89. The molecule has 0 radical (unpaired) electrons. The van der Waals surface area contributed by atoms with Crippen LogP contribution in [0.2, 0.25) is 0 Å². The fourth-order valence-corrected chi connectivity index (χ4v) is 2.89. The zero-order chi connectivity index (χ0) is 16.7. The number of hydrogen-bond acceptors (Lipinski definition) is 2. The van der Waals surface area contributed by atoms with E-state index in [2.05, 4.69) is 10.6 Å². The molecule has 2 N–H and O–H groups in total. The highest BCUT2D eigenvalue weighted by Gasteiger charge is 2.14. The fraction of sp³-hybridized carbons (Fsp3) is 0.556. The molecule has 1 aromatic carbocycles. The van der Waals surface area contributed by atoms with Gasteiger partial charge in [-0.2, -0.15) is 0 Å². The lowest BCUT2D eigenvalue weighted by molar-refractivity contribution is -0.120. The van der Waals surface area contributed by atoms with E-state index in [4.69, 9.17) is 0 Å². The van der Waals surface area contributed by atoms with Crippen LogP contribution in [0.4, 0.5) is 10.5 Å². The van der Waals surface area contributed by atoms with Crippen molar-refractivity contribution in [2.75, 3.05) is 26.0 Å². The number of nitrogens with zero attached hydrogens (tertiary/aromatic N) is 1. The lowest BCUT2D eigenvalue weighted by Crippen LogP contribution is -2.31. The SMILES string of the molecule is CN(C)C(=O)Nc1cccc(CC(=O)NCC2CCCCC2)c1. The largest absolute Gasteiger partial charge is 0.356 e. The molecule has 0 bridgehead atoms. The molecular formula is C18H27N3O2. The van der Waals surface area contributed by atoms with Crippen molar-refractivity contribution in [3.63, 3.8) is 0 Å². The first kappa shape index (κ1) is 17.3. The van der Waals surface area contributed by atoms with E-state index in [0.29, 0.717) is 18.0 Å². The van der Waals surface area contributed by atoms with Crippen LogP contribution >= 0.6 is 0 Å². The van der Waals surface area contributed by atoms with E-state index >= 15 is 0 Å². The third-order valence-electron chi connectivity index (χ3n) is 4.26. The Kier molecular flexibility index (Phi) is 6.44. The van der Waals surface area contributed by atoms with Crippen molar-refractivity contribution in [3.8, 4) is 0 Å². The quantitative estimate of drug-likeness (QED) is 0.877. The molecule has 1 aromatic rings. The van der Waals surface area contributed by atoms with Crippen LogP contribution in [0.1, 0.15) is 37.7 Å². The van der Waals surface area contributed by atoms with Gasteiger partial charge in [0.15, 0.2) is 0 Å². The van der Waals surface area contributed by atoms with E-state index in [0.717, 1.165) is 12.1 Å². The molecule has 0 aromatic heterocycles. The molecule has 1 aliphatic carbocycles. The van der Waals surface area contributed by atoms with E-state index in [1.807, 2.05) is 24.3 Å². The first-order valence-electron chi connectivity index (χ1n) is 8.38. The zero-order valence-electron chi connectivity index (χ0n) is 14.1. The molecule has 126 valence electrons. The molecule has 0 unspecified atom stereocenters. The van der Waals surface area contributed by atoms with Crippen LogP contribution in [-0.2, 0) is 11.2 Å². The lowest BCUT2D eigenvalue weighted by Gasteiger charge is -2.21. The van der Waals surface area contributed by atoms with Crippen molar-refractivity contribution in [1.82, 2.24) is 10.2 Å². The smallest absolute Gasteiger partial charge is 0.321 e. The minimum atomic E-state index is -0.177. The van der Waals surface area contributed by atoms with Crippen LogP contribution in [-0.4, -0.2) is 37.5 Å². The van der Waals surface area contributed by atoms with Gasteiger partial charge in [0, 0.05) is 26.3 Å². The molecule has 0 spiro atoms. The van der Waals surface area contributed by atoms with E-state index in [1.165, 1.54) is 37.0 Å². The Balaban J connectivity index is 1.82. The van der Waals surface area contributed by atoms with Gasteiger partial charge in [-0.3, -0.25) is 4.79 Å². The fourth-order valence-electron chi connectivity index (χ4n) is 2.89. The van der Waals surface area contributed by atoms with E-state index < -0.39 is 0 Å². The van der Waals surface area contributed by atoms with Gasteiger partial charge in [0.1, 0.15) is 0 Å². The Morgan fingerprint density at radius 3 is 2.61 bits per heavy atom. The minimum Gasteiger partial charge on any atom is -0.356 e. The van der Waals surface area contributed by atoms with Gasteiger partial charge in [0.2, 0.25) is 5.91 Å². The monoisotopic (exact) mass is 317 g/mol. The van der Waals surface area contributed by atoms with Gasteiger partial charge in [-0.15, -0.1) is 0 Å². The standard InChI is InChI=1S/C18H27N3O2/c1-21(2)18(23)20-16-10-6-9-15(11-16)12-17(22)19-13-14-7-4-3-5-8-14/h6,9-11,14H,3-5,7-8,12-13H2,1-2H3,(H,19,22)(H,20,23). The van der Waals surface area contributed by atoms with E-state index in [1.54, 1.807) is 14.1 Å². The molecule has 1 fully saturated rings. The van der Waals surface area contributed by atoms with Crippen LogP contribution in [0, 0.1) is 5.92 Å². The van der Waals surface area contributed by atoms with Crippen molar-refractivity contribution in [2.24, 2.45) is 5.92 Å². The second kappa shape index (κ2) is 8.56. The molecular weight excluding hydrogens is 290 g/mol. The highest BCUT2D eigenvalue weighted by atomic mass is 16.2. The summed E-state index contributed by atoms with van der Waals surface area (Å²) in [7, 11) is 3.38. The third kappa shape index (κ3) is 5.93. The number of nitrogens with one attached hydrogen (secondary N) is 2. The molecule has 5 nitrogen and oxygen atoms in total. The third-order valence-corrected chi connectivity index (χ3v) is 4.26. The number of urea groups is 1. The van der Waals surface area contributed by atoms with Crippen LogP contribution < -0.4 is 10.6 Å². The van der Waals surface area contributed by atoms with Crippen molar-refractivity contribution in [1.29, 1.82) is 0 Å². The number of hydrogen-bond donors (Lipinski definition) is 2. The Bertz CT molecular complexity index is 537. The molecule has 0 atom stereocenters. The van der Waals surface area contributed by atoms with Crippen LogP contribution in [0.25, 0.3) is 0 Å². The predicted molar refractivity (Wildman–Crippen MR) is 92.4 cm³/mol. The minimum absolute atomic E-state index is 0.0478. The number of rotatable bonds is 5. The van der Waals surface area contributed by atoms with Crippen LogP contribution in [0.15, 0.2) is 24.3 Å². The number of benzene rings is 1. The Morgan fingerprint density at radius 2 is 1.91 bits per heavy atom. The summed E-state index contributed by atoms with van der Waals surface area (Å²) in [6, 6.07) is 7.26. The van der Waals surface area contributed by atoms with Gasteiger partial charge in [-0.25, -0.2) is 4.79 Å². The normalized spacial score (nSPS) is 15.0. The predicted octanol–water partition coefficient (Wildman–Crippen LogP) is 3.02. The van der Waals surface area contributed by atoms with Crippen molar-refractivity contribution in [3.05, 3.63) is 29.8 Å². The Labute approximate surface area is 138 Å². The molecule has 23 heavy (non-hydrogen) atoms. The van der Waals surface area contributed by atoms with Crippen LogP contribution in [0.3, 0.4) is 0 Å². The maximum atomic E-state index is 12.1. The number of carbonyl (C=O) groups excluding carboxylic acids is 2. The summed E-state index contributed by atoms with van der Waals surface area (Å²) in [5.74, 6) is 0.685. The molecule has 2 rings (SSSR count). The Hall–Kier alpha value is -2.04. The summed E-state index contributed by atoms with van der Waals surface area (Å²) in [5, 5.41) is 5.84. The number of amides is 3. The number of carbonyl (C=O) groups is 2. The first-order valence-corrected chi connectivity index (χ1v) is 8.38. The van der Waals surface area contributed by atoms with Gasteiger partial charge in [0.05, 0.1) is 6.42 Å². The average Bonchev–Trinajstić information content (AvgIpc) is 2.54. The van der Waals surface area contributed by atoms with Crippen LogP contribution in [0.5, 0.6) is 0 Å². The molecule has 3 amide bonds. The van der Waals surface area contributed by atoms with Crippen molar-refractivity contribution < 1.29 is 9.59 Å². The van der Waals surface area contributed by atoms with E-state index in [-0.39, 0.29) is 11.9 Å². The summed E-state index contributed by atoms with van der Waals surface area (Å²) in [6.45, 7) is 0.788. The second-order valence-electron chi connectivity index (χ2n) is 6.51. The first-order chi connectivity index (χ1) is 11.0. The molecule has 0 aliphatic heterocycles. The summed E-state index contributed by atoms with van der Waals surface area (Å²) < 4.78 is 0. The molecule has 0 heterocycles. The van der Waals surface area contributed by atoms with Gasteiger partial charge in [-0.05, 0) is 36.5 Å². The topological polar surface area (TPSA) is 61.4 Å². The van der Waals surface area contributed by atoms with Gasteiger partial charge >= 0.3 is 6.03 Å². The van der Waals surface area contributed by atoms with E-state index in [9.17, 15) is 9.59 Å².